The van der Waals surface area contributed by atoms with Gasteiger partial charge in [-0.05, 0) is 68.0 Å². The fourth-order valence-corrected chi connectivity index (χ4v) is 4.23. The molecule has 0 spiro atoms. The first-order chi connectivity index (χ1) is 15.1. The van der Waals surface area contributed by atoms with Gasteiger partial charge in [-0.2, -0.15) is 0 Å². The van der Waals surface area contributed by atoms with E-state index in [1.165, 1.54) is 5.56 Å². The fraction of sp³-hybridized carbons (Fsp3) is 0.440. The molecule has 2 saturated heterocycles. The van der Waals surface area contributed by atoms with E-state index in [0.29, 0.717) is 23.4 Å². The second kappa shape index (κ2) is 9.96. The standard InChI is InChI=1S/C25H31N3O3/c1-2-18-7-9-19(10-8-18)24(29)27-20-11-12-23(28-13-3-4-14-28)22(16-20)25(30)26-17-21-6-5-15-31-21/h7-12,16,21H,2-6,13-15,17H2,1H3,(H,26,30)(H,27,29). The van der Waals surface area contributed by atoms with E-state index in [1.807, 2.05) is 36.4 Å². The molecule has 2 N–H and O–H groups in total. The molecule has 1 atom stereocenters. The SMILES string of the molecule is CCc1ccc(C(=O)Nc2ccc(N3CCCC3)c(C(=O)NCC3CCCO3)c2)cc1. The summed E-state index contributed by atoms with van der Waals surface area (Å²) < 4.78 is 5.63. The molecular formula is C25H31N3O3. The average molecular weight is 422 g/mol. The van der Waals surface area contributed by atoms with Crippen LogP contribution in [-0.2, 0) is 11.2 Å². The summed E-state index contributed by atoms with van der Waals surface area (Å²) in [6.07, 6.45) is 5.30. The maximum absolute atomic E-state index is 13.1. The highest BCUT2D eigenvalue weighted by Crippen LogP contribution is 2.28. The molecule has 2 aromatic carbocycles. The first-order valence-corrected chi connectivity index (χ1v) is 11.3. The molecule has 2 fully saturated rings. The Labute approximate surface area is 184 Å². The molecule has 1 unspecified atom stereocenters. The van der Waals surface area contributed by atoms with Crippen LogP contribution in [0.25, 0.3) is 0 Å². The van der Waals surface area contributed by atoms with Crippen LogP contribution in [0.2, 0.25) is 0 Å². The number of benzene rings is 2. The van der Waals surface area contributed by atoms with Crippen LogP contribution < -0.4 is 15.5 Å². The van der Waals surface area contributed by atoms with Crippen molar-refractivity contribution in [3.63, 3.8) is 0 Å². The van der Waals surface area contributed by atoms with Gasteiger partial charge in [-0.25, -0.2) is 0 Å². The summed E-state index contributed by atoms with van der Waals surface area (Å²) >= 11 is 0. The first-order valence-electron chi connectivity index (χ1n) is 11.3. The van der Waals surface area contributed by atoms with Gasteiger partial charge in [-0.3, -0.25) is 9.59 Å². The number of carbonyl (C=O) groups is 2. The number of hydrogen-bond donors (Lipinski definition) is 2. The number of amides is 2. The Bertz CT molecular complexity index is 914. The summed E-state index contributed by atoms with van der Waals surface area (Å²) in [6, 6.07) is 13.2. The van der Waals surface area contributed by atoms with Gasteiger partial charge in [0.05, 0.1) is 11.7 Å². The third kappa shape index (κ3) is 5.25. The zero-order chi connectivity index (χ0) is 21.6. The fourth-order valence-electron chi connectivity index (χ4n) is 4.23. The molecule has 0 radical (unpaired) electrons. The lowest BCUT2D eigenvalue weighted by Crippen LogP contribution is -2.33. The molecule has 6 heteroatoms. The Kier molecular flexibility index (Phi) is 6.87. The Morgan fingerprint density at radius 1 is 1.03 bits per heavy atom. The van der Waals surface area contributed by atoms with Crippen LogP contribution in [-0.4, -0.2) is 44.2 Å². The van der Waals surface area contributed by atoms with E-state index in [2.05, 4.69) is 22.5 Å². The molecule has 0 saturated carbocycles. The summed E-state index contributed by atoms with van der Waals surface area (Å²) in [6.45, 7) is 5.25. The Hall–Kier alpha value is -2.86. The molecule has 0 bridgehead atoms. The highest BCUT2D eigenvalue weighted by atomic mass is 16.5. The molecule has 6 nitrogen and oxygen atoms in total. The van der Waals surface area contributed by atoms with Crippen molar-refractivity contribution < 1.29 is 14.3 Å². The number of nitrogens with zero attached hydrogens (tertiary/aromatic N) is 1. The van der Waals surface area contributed by atoms with Crippen molar-refractivity contribution in [2.45, 2.75) is 45.1 Å². The number of anilines is 2. The van der Waals surface area contributed by atoms with Crippen LogP contribution in [0, 0.1) is 0 Å². The summed E-state index contributed by atoms with van der Waals surface area (Å²) in [5.74, 6) is -0.303. The summed E-state index contributed by atoms with van der Waals surface area (Å²) in [4.78, 5) is 28.0. The second-order valence-electron chi connectivity index (χ2n) is 8.28. The van der Waals surface area contributed by atoms with E-state index in [1.54, 1.807) is 6.07 Å². The van der Waals surface area contributed by atoms with Crippen molar-refractivity contribution in [2.24, 2.45) is 0 Å². The molecule has 2 amide bonds. The number of carbonyl (C=O) groups excluding carboxylic acids is 2. The molecule has 2 aliphatic heterocycles. The van der Waals surface area contributed by atoms with Crippen LogP contribution in [0.4, 0.5) is 11.4 Å². The van der Waals surface area contributed by atoms with Crippen molar-refractivity contribution in [1.29, 1.82) is 0 Å². The van der Waals surface area contributed by atoms with Crippen molar-refractivity contribution in [3.05, 3.63) is 59.2 Å². The van der Waals surface area contributed by atoms with Crippen LogP contribution >= 0.6 is 0 Å². The third-order valence-electron chi connectivity index (χ3n) is 6.08. The van der Waals surface area contributed by atoms with Crippen molar-refractivity contribution >= 4 is 23.2 Å². The number of rotatable bonds is 7. The topological polar surface area (TPSA) is 70.7 Å². The lowest BCUT2D eigenvalue weighted by Gasteiger charge is -2.22. The van der Waals surface area contributed by atoms with Crippen LogP contribution in [0.15, 0.2) is 42.5 Å². The lowest BCUT2D eigenvalue weighted by atomic mass is 10.1. The van der Waals surface area contributed by atoms with Gasteiger partial charge in [-0.1, -0.05) is 19.1 Å². The number of ether oxygens (including phenoxy) is 1. The van der Waals surface area contributed by atoms with Crippen LogP contribution in [0.1, 0.15) is 58.9 Å². The van der Waals surface area contributed by atoms with Gasteiger partial charge in [-0.15, -0.1) is 0 Å². The highest BCUT2D eigenvalue weighted by Gasteiger charge is 2.22. The molecule has 0 aliphatic carbocycles. The van der Waals surface area contributed by atoms with Crippen LogP contribution in [0.3, 0.4) is 0 Å². The molecule has 2 heterocycles. The molecule has 0 aromatic heterocycles. The van der Waals surface area contributed by atoms with Crippen LogP contribution in [0.5, 0.6) is 0 Å². The van der Waals surface area contributed by atoms with Gasteiger partial charge < -0.3 is 20.3 Å². The van der Waals surface area contributed by atoms with Gasteiger partial charge in [0.2, 0.25) is 0 Å². The summed E-state index contributed by atoms with van der Waals surface area (Å²) in [7, 11) is 0. The van der Waals surface area contributed by atoms with E-state index >= 15 is 0 Å². The van der Waals surface area contributed by atoms with Gasteiger partial charge in [0.15, 0.2) is 0 Å². The van der Waals surface area contributed by atoms with Crippen molar-refractivity contribution in [2.75, 3.05) is 36.5 Å². The Balaban J connectivity index is 1.51. The first kappa shape index (κ1) is 21.4. The molecule has 4 rings (SSSR count). The zero-order valence-corrected chi connectivity index (χ0v) is 18.2. The average Bonchev–Trinajstić information content (AvgIpc) is 3.52. The molecular weight excluding hydrogens is 390 g/mol. The maximum Gasteiger partial charge on any atom is 0.255 e. The largest absolute Gasteiger partial charge is 0.376 e. The van der Waals surface area contributed by atoms with Crippen molar-refractivity contribution in [3.8, 4) is 0 Å². The minimum absolute atomic E-state index is 0.0909. The molecule has 2 aliphatic rings. The Morgan fingerprint density at radius 3 is 2.48 bits per heavy atom. The third-order valence-corrected chi connectivity index (χ3v) is 6.08. The number of hydrogen-bond acceptors (Lipinski definition) is 4. The maximum atomic E-state index is 13.1. The van der Waals surface area contributed by atoms with E-state index in [-0.39, 0.29) is 17.9 Å². The molecule has 164 valence electrons. The van der Waals surface area contributed by atoms with Gasteiger partial charge >= 0.3 is 0 Å². The lowest BCUT2D eigenvalue weighted by molar-refractivity contribution is 0.0858. The highest BCUT2D eigenvalue weighted by molar-refractivity contribution is 6.06. The summed E-state index contributed by atoms with van der Waals surface area (Å²) in [5, 5.41) is 5.97. The Morgan fingerprint density at radius 2 is 1.81 bits per heavy atom. The van der Waals surface area contributed by atoms with E-state index in [4.69, 9.17) is 4.74 Å². The van der Waals surface area contributed by atoms with Gasteiger partial charge in [0.1, 0.15) is 0 Å². The number of nitrogens with one attached hydrogen (secondary N) is 2. The second-order valence-corrected chi connectivity index (χ2v) is 8.28. The van der Waals surface area contributed by atoms with E-state index < -0.39 is 0 Å². The quantitative estimate of drug-likeness (QED) is 0.709. The predicted octanol–water partition coefficient (Wildman–Crippen LogP) is 4.01. The minimum atomic E-state index is -0.178. The monoisotopic (exact) mass is 421 g/mol. The van der Waals surface area contributed by atoms with E-state index in [9.17, 15) is 9.59 Å². The minimum Gasteiger partial charge on any atom is -0.376 e. The van der Waals surface area contributed by atoms with Crippen molar-refractivity contribution in [1.82, 2.24) is 5.32 Å². The van der Waals surface area contributed by atoms with Gasteiger partial charge in [0, 0.05) is 43.2 Å². The zero-order valence-electron chi connectivity index (χ0n) is 18.2. The molecule has 2 aromatic rings. The normalized spacial score (nSPS) is 18.2. The molecule has 31 heavy (non-hydrogen) atoms. The van der Waals surface area contributed by atoms with Gasteiger partial charge in [0.25, 0.3) is 11.8 Å². The van der Waals surface area contributed by atoms with E-state index in [0.717, 1.165) is 57.5 Å². The smallest absolute Gasteiger partial charge is 0.255 e. The number of aryl methyl sites for hydroxylation is 1. The summed E-state index contributed by atoms with van der Waals surface area (Å²) in [5.41, 5.74) is 3.93. The predicted molar refractivity (Wildman–Crippen MR) is 123 cm³/mol.